The largest absolute Gasteiger partial charge is 0.454 e. The van der Waals surface area contributed by atoms with Gasteiger partial charge in [0.05, 0.1) is 12.1 Å². The van der Waals surface area contributed by atoms with Crippen LogP contribution in [0.1, 0.15) is 31.9 Å². The molecule has 5 rings (SSSR count). The average molecular weight is 500 g/mol. The molecule has 1 aliphatic rings. The van der Waals surface area contributed by atoms with Crippen LogP contribution in [-0.4, -0.2) is 23.6 Å². The van der Waals surface area contributed by atoms with Crippen molar-refractivity contribution in [3.05, 3.63) is 87.8 Å². The van der Waals surface area contributed by atoms with Crippen molar-refractivity contribution >= 4 is 34.0 Å². The van der Waals surface area contributed by atoms with Crippen LogP contribution >= 0.6 is 11.3 Å². The van der Waals surface area contributed by atoms with Crippen molar-refractivity contribution in [1.82, 2.24) is 4.98 Å². The number of fused-ring (bicyclic) bond motifs is 1. The number of ether oxygens (including phenoxy) is 2. The molecule has 0 saturated carbocycles. The second kappa shape index (κ2) is 9.83. The Morgan fingerprint density at radius 3 is 2.53 bits per heavy atom. The summed E-state index contributed by atoms with van der Waals surface area (Å²) >= 11 is 1.43. The third-order valence-corrected chi connectivity index (χ3v) is 6.86. The summed E-state index contributed by atoms with van der Waals surface area (Å²) in [7, 11) is 0. The summed E-state index contributed by atoms with van der Waals surface area (Å²) in [6.45, 7) is 6.08. The lowest BCUT2D eigenvalue weighted by Crippen LogP contribution is -2.14. The summed E-state index contributed by atoms with van der Waals surface area (Å²) in [5.74, 6) is 1.05. The van der Waals surface area contributed by atoms with E-state index in [2.05, 4.69) is 15.6 Å². The summed E-state index contributed by atoms with van der Waals surface area (Å²) in [6.07, 6.45) is 0.207. The van der Waals surface area contributed by atoms with Crippen LogP contribution in [0.4, 0.5) is 10.8 Å². The fourth-order valence-corrected chi connectivity index (χ4v) is 4.98. The number of rotatable bonds is 6. The molecule has 0 bridgehead atoms. The molecule has 8 heteroatoms. The molecular formula is C28H25N3O4S. The van der Waals surface area contributed by atoms with Gasteiger partial charge in [-0.1, -0.05) is 30.3 Å². The summed E-state index contributed by atoms with van der Waals surface area (Å²) in [6, 6.07) is 18.7. The van der Waals surface area contributed by atoms with Crippen molar-refractivity contribution in [3.8, 4) is 22.8 Å². The first-order chi connectivity index (χ1) is 17.4. The molecule has 1 aliphatic heterocycles. The highest BCUT2D eigenvalue weighted by Gasteiger charge is 2.17. The zero-order valence-electron chi connectivity index (χ0n) is 20.2. The van der Waals surface area contributed by atoms with Crippen molar-refractivity contribution in [2.45, 2.75) is 27.2 Å². The Balaban J connectivity index is 1.27. The molecule has 2 N–H and O–H groups in total. The molecule has 0 unspecified atom stereocenters. The van der Waals surface area contributed by atoms with Crippen LogP contribution in [0.3, 0.4) is 0 Å². The van der Waals surface area contributed by atoms with Gasteiger partial charge in [-0.2, -0.15) is 0 Å². The van der Waals surface area contributed by atoms with Crippen LogP contribution in [0.5, 0.6) is 11.5 Å². The van der Waals surface area contributed by atoms with Gasteiger partial charge in [0.2, 0.25) is 12.7 Å². The Kier molecular flexibility index (Phi) is 6.43. The first-order valence-corrected chi connectivity index (χ1v) is 12.3. The van der Waals surface area contributed by atoms with E-state index in [1.54, 1.807) is 0 Å². The quantitative estimate of drug-likeness (QED) is 0.345. The van der Waals surface area contributed by atoms with E-state index in [0.29, 0.717) is 22.2 Å². The van der Waals surface area contributed by atoms with Gasteiger partial charge >= 0.3 is 0 Å². The van der Waals surface area contributed by atoms with Gasteiger partial charge in [-0.25, -0.2) is 4.98 Å². The molecule has 0 saturated heterocycles. The first-order valence-electron chi connectivity index (χ1n) is 11.5. The maximum atomic E-state index is 12.7. The van der Waals surface area contributed by atoms with Crippen LogP contribution in [-0.2, 0) is 11.2 Å². The number of anilines is 2. The topological polar surface area (TPSA) is 89.6 Å². The van der Waals surface area contributed by atoms with Gasteiger partial charge in [0.15, 0.2) is 16.6 Å². The standard InChI is InChI=1S/C28H25N3O4S/c1-16-6-4-5-7-22(16)27(33)29-20-9-10-21(17(2)12-20)26-18(3)36-28(31-26)30-25(32)14-19-8-11-23-24(13-19)35-15-34-23/h4-13H,14-15H2,1-3H3,(H,29,33)(H,30,31,32). The number of hydrogen-bond acceptors (Lipinski definition) is 6. The molecular weight excluding hydrogens is 474 g/mol. The summed E-state index contributed by atoms with van der Waals surface area (Å²) in [4.78, 5) is 31.0. The molecule has 0 atom stereocenters. The molecule has 0 spiro atoms. The molecule has 2 amide bonds. The lowest BCUT2D eigenvalue weighted by Gasteiger charge is -2.10. The van der Waals surface area contributed by atoms with E-state index in [9.17, 15) is 9.59 Å². The highest BCUT2D eigenvalue weighted by molar-refractivity contribution is 7.16. The Morgan fingerprint density at radius 2 is 1.72 bits per heavy atom. The summed E-state index contributed by atoms with van der Waals surface area (Å²) in [5, 5.41) is 6.43. The van der Waals surface area contributed by atoms with Gasteiger partial charge < -0.3 is 20.1 Å². The van der Waals surface area contributed by atoms with Crippen molar-refractivity contribution in [3.63, 3.8) is 0 Å². The molecule has 2 heterocycles. The molecule has 182 valence electrons. The minimum atomic E-state index is -0.153. The van der Waals surface area contributed by atoms with E-state index in [4.69, 9.17) is 9.47 Å². The highest BCUT2D eigenvalue weighted by Crippen LogP contribution is 2.34. The molecule has 4 aromatic rings. The predicted octanol–water partition coefficient (Wildman–Crippen LogP) is 5.90. The van der Waals surface area contributed by atoms with Gasteiger partial charge in [0.1, 0.15) is 0 Å². The SMILES string of the molecule is Cc1ccccc1C(=O)Nc1ccc(-c2nc(NC(=O)Cc3ccc4c(c3)OCO4)sc2C)c(C)c1. The van der Waals surface area contributed by atoms with E-state index in [1.807, 2.05) is 81.4 Å². The van der Waals surface area contributed by atoms with Crippen LogP contribution in [0.2, 0.25) is 0 Å². The van der Waals surface area contributed by atoms with Crippen molar-refractivity contribution in [2.24, 2.45) is 0 Å². The smallest absolute Gasteiger partial charge is 0.255 e. The number of hydrogen-bond donors (Lipinski definition) is 2. The third-order valence-electron chi connectivity index (χ3n) is 5.97. The Bertz CT molecular complexity index is 1480. The third kappa shape index (κ3) is 4.94. The van der Waals surface area contributed by atoms with Gasteiger partial charge in [-0.15, -0.1) is 11.3 Å². The first kappa shape index (κ1) is 23.6. The number of amides is 2. The van der Waals surface area contributed by atoms with Crippen molar-refractivity contribution in [1.29, 1.82) is 0 Å². The summed E-state index contributed by atoms with van der Waals surface area (Å²) in [5.41, 5.74) is 5.87. The number of carbonyl (C=O) groups is 2. The number of aromatic nitrogens is 1. The second-order valence-corrected chi connectivity index (χ2v) is 9.84. The molecule has 0 radical (unpaired) electrons. The Morgan fingerprint density at radius 1 is 0.917 bits per heavy atom. The van der Waals surface area contributed by atoms with Crippen molar-refractivity contribution < 1.29 is 19.1 Å². The molecule has 36 heavy (non-hydrogen) atoms. The Labute approximate surface area is 213 Å². The average Bonchev–Trinajstić information content (AvgIpc) is 3.45. The second-order valence-electron chi connectivity index (χ2n) is 8.64. The number of nitrogens with zero attached hydrogens (tertiary/aromatic N) is 1. The van der Waals surface area contributed by atoms with E-state index in [1.165, 1.54) is 11.3 Å². The summed E-state index contributed by atoms with van der Waals surface area (Å²) < 4.78 is 10.7. The minimum Gasteiger partial charge on any atom is -0.454 e. The maximum Gasteiger partial charge on any atom is 0.255 e. The van der Waals surface area contributed by atoms with E-state index in [0.717, 1.165) is 38.5 Å². The maximum absolute atomic E-state index is 12.7. The molecule has 1 aromatic heterocycles. The predicted molar refractivity (Wildman–Crippen MR) is 141 cm³/mol. The lowest BCUT2D eigenvalue weighted by atomic mass is 10.0. The highest BCUT2D eigenvalue weighted by atomic mass is 32.1. The minimum absolute atomic E-state index is 0.141. The number of nitrogens with one attached hydrogen (secondary N) is 2. The van der Waals surface area contributed by atoms with Gasteiger partial charge in [-0.3, -0.25) is 9.59 Å². The van der Waals surface area contributed by atoms with Crippen molar-refractivity contribution in [2.75, 3.05) is 17.4 Å². The molecule has 0 fully saturated rings. The molecule has 0 aliphatic carbocycles. The van der Waals surface area contributed by atoms with Crippen LogP contribution < -0.4 is 20.1 Å². The van der Waals surface area contributed by atoms with Gasteiger partial charge in [0, 0.05) is 21.7 Å². The zero-order valence-corrected chi connectivity index (χ0v) is 21.0. The van der Waals surface area contributed by atoms with Crippen LogP contribution in [0, 0.1) is 20.8 Å². The lowest BCUT2D eigenvalue weighted by molar-refractivity contribution is -0.115. The van der Waals surface area contributed by atoms with E-state index < -0.39 is 0 Å². The van der Waals surface area contributed by atoms with Crippen LogP contribution in [0.15, 0.2) is 60.7 Å². The van der Waals surface area contributed by atoms with Gasteiger partial charge in [0.25, 0.3) is 5.91 Å². The van der Waals surface area contributed by atoms with E-state index >= 15 is 0 Å². The van der Waals surface area contributed by atoms with E-state index in [-0.39, 0.29) is 25.0 Å². The fraction of sp³-hybridized carbons (Fsp3) is 0.179. The number of benzene rings is 3. The fourth-order valence-electron chi connectivity index (χ4n) is 4.13. The normalized spacial score (nSPS) is 11.9. The number of carbonyl (C=O) groups excluding carboxylic acids is 2. The molecule has 7 nitrogen and oxygen atoms in total. The van der Waals surface area contributed by atoms with Crippen LogP contribution in [0.25, 0.3) is 11.3 Å². The molecule has 3 aromatic carbocycles. The Hall–Kier alpha value is -4.17. The van der Waals surface area contributed by atoms with Gasteiger partial charge in [-0.05, 0) is 67.8 Å². The zero-order chi connectivity index (χ0) is 25.2. The number of thiazole rings is 1. The number of aryl methyl sites for hydroxylation is 3. The monoisotopic (exact) mass is 499 g/mol.